The van der Waals surface area contributed by atoms with Gasteiger partial charge in [-0.05, 0) is 43.9 Å². The predicted octanol–water partition coefficient (Wildman–Crippen LogP) is 1.04. The van der Waals surface area contributed by atoms with E-state index in [1.807, 2.05) is 0 Å². The van der Waals surface area contributed by atoms with Crippen LogP contribution in [-0.2, 0) is 16.4 Å². The van der Waals surface area contributed by atoms with Crippen molar-refractivity contribution in [2.75, 3.05) is 20.6 Å². The van der Waals surface area contributed by atoms with Gasteiger partial charge in [-0.3, -0.25) is 25.9 Å². The molecule has 1 heterocycles. The number of urea groups is 1. The molecule has 0 radical (unpaired) electrons. The third kappa shape index (κ3) is 11.2. The van der Waals surface area contributed by atoms with Crippen LogP contribution in [0.4, 0.5) is 4.79 Å². The standard InChI is InChI=1S/C21H27N5O4S.C4H11N5/c1-15-13-24-19(14-23-15)20(27)22-12-11-16-7-9-18(10-8-16)31(29,30)26-21(28)25-17-5-3-2-4-6-17;1-9(2)4(7)8-3(5)6/h7-10,13-14,17H,2-6,11-12H2,1H3,(H,22,27)(H2,25,26,28);1-2H3,(H5,5,6,7,8). The van der Waals surface area contributed by atoms with Crippen LogP contribution in [0.15, 0.2) is 41.6 Å². The Morgan fingerprint density at radius 3 is 2.23 bits per heavy atom. The molecule has 8 N–H and O–H groups in total. The molecule has 218 valence electrons. The number of rotatable bonds is 7. The maximum Gasteiger partial charge on any atom is 0.328 e. The molecule has 0 aliphatic heterocycles. The van der Waals surface area contributed by atoms with Gasteiger partial charge in [0.25, 0.3) is 15.9 Å². The van der Waals surface area contributed by atoms with E-state index in [-0.39, 0.29) is 34.5 Å². The number of nitrogens with zero attached hydrogens (tertiary/aromatic N) is 3. The van der Waals surface area contributed by atoms with Crippen molar-refractivity contribution in [2.45, 2.75) is 56.4 Å². The summed E-state index contributed by atoms with van der Waals surface area (Å²) in [6.07, 6.45) is 8.43. The monoisotopic (exact) mass is 574 g/mol. The maximum atomic E-state index is 12.4. The molecule has 2 aromatic rings. The first kappa shape index (κ1) is 31.9. The molecule has 0 saturated heterocycles. The van der Waals surface area contributed by atoms with E-state index >= 15 is 0 Å². The Bertz CT molecular complexity index is 1260. The zero-order valence-corrected chi connectivity index (χ0v) is 23.8. The van der Waals surface area contributed by atoms with E-state index in [0.717, 1.165) is 43.4 Å². The molecule has 1 saturated carbocycles. The van der Waals surface area contributed by atoms with Crippen LogP contribution in [0.25, 0.3) is 0 Å². The van der Waals surface area contributed by atoms with E-state index in [4.69, 9.17) is 16.6 Å². The van der Waals surface area contributed by atoms with Gasteiger partial charge < -0.3 is 21.3 Å². The smallest absolute Gasteiger partial charge is 0.328 e. The number of nitrogens with one attached hydrogen (secondary N) is 6. The van der Waals surface area contributed by atoms with Crippen LogP contribution >= 0.6 is 0 Å². The Morgan fingerprint density at radius 2 is 1.70 bits per heavy atom. The molecule has 0 unspecified atom stereocenters. The highest BCUT2D eigenvalue weighted by atomic mass is 32.2. The fourth-order valence-corrected chi connectivity index (χ4v) is 4.55. The molecular weight excluding hydrogens is 536 g/mol. The molecule has 0 spiro atoms. The number of hydrogen-bond donors (Lipinski definition) is 7. The zero-order chi connectivity index (χ0) is 29.7. The number of benzene rings is 1. The van der Waals surface area contributed by atoms with Crippen LogP contribution in [0.1, 0.15) is 53.8 Å². The van der Waals surface area contributed by atoms with Gasteiger partial charge in [-0.1, -0.05) is 31.4 Å². The highest BCUT2D eigenvalue weighted by Gasteiger charge is 2.21. The lowest BCUT2D eigenvalue weighted by Crippen LogP contribution is -2.45. The number of aromatic nitrogens is 2. The lowest BCUT2D eigenvalue weighted by atomic mass is 9.96. The van der Waals surface area contributed by atoms with Gasteiger partial charge in [0.05, 0.1) is 16.8 Å². The zero-order valence-electron chi connectivity index (χ0n) is 23.0. The Morgan fingerprint density at radius 1 is 1.05 bits per heavy atom. The normalized spacial score (nSPS) is 13.2. The first-order chi connectivity index (χ1) is 18.9. The van der Waals surface area contributed by atoms with Crippen LogP contribution in [0, 0.1) is 17.7 Å². The van der Waals surface area contributed by atoms with Crippen molar-refractivity contribution in [1.29, 1.82) is 10.8 Å². The molecule has 15 heteroatoms. The highest BCUT2D eigenvalue weighted by Crippen LogP contribution is 2.17. The van der Waals surface area contributed by atoms with E-state index in [9.17, 15) is 18.0 Å². The number of sulfonamides is 1. The fourth-order valence-electron chi connectivity index (χ4n) is 3.64. The van der Waals surface area contributed by atoms with Gasteiger partial charge in [0.15, 0.2) is 11.9 Å². The summed E-state index contributed by atoms with van der Waals surface area (Å²) >= 11 is 0. The predicted molar refractivity (Wildman–Crippen MR) is 151 cm³/mol. The second-order valence-corrected chi connectivity index (χ2v) is 11.1. The van der Waals surface area contributed by atoms with Crippen LogP contribution in [0.2, 0.25) is 0 Å². The SMILES string of the molecule is CN(C)C(=N)NC(=N)N.Cc1cnc(C(=O)NCCc2ccc(S(=O)(=O)NC(=O)NC3CCCCC3)cc2)cn1. The molecular formula is C25H38N10O4S. The Kier molecular flexibility index (Phi) is 12.3. The number of hydrogen-bond acceptors (Lipinski definition) is 8. The van der Waals surface area contributed by atoms with E-state index in [2.05, 4.69) is 30.6 Å². The minimum Gasteiger partial charge on any atom is -0.370 e. The average molecular weight is 575 g/mol. The largest absolute Gasteiger partial charge is 0.370 e. The number of carbonyl (C=O) groups excluding carboxylic acids is 2. The van der Waals surface area contributed by atoms with Crippen molar-refractivity contribution in [3.8, 4) is 0 Å². The number of guanidine groups is 2. The molecule has 3 rings (SSSR count). The number of carbonyl (C=O) groups is 2. The summed E-state index contributed by atoms with van der Waals surface area (Å²) in [6.45, 7) is 2.15. The molecule has 14 nitrogen and oxygen atoms in total. The van der Waals surface area contributed by atoms with Gasteiger partial charge in [-0.25, -0.2) is 22.9 Å². The minimum atomic E-state index is -3.95. The molecule has 0 bridgehead atoms. The van der Waals surface area contributed by atoms with Gasteiger partial charge in [-0.2, -0.15) is 0 Å². The minimum absolute atomic E-state index is 0.00834. The summed E-state index contributed by atoms with van der Waals surface area (Å²) in [5.74, 6) is -0.420. The van der Waals surface area contributed by atoms with Gasteiger partial charge in [-0.15, -0.1) is 0 Å². The fraction of sp³-hybridized carbons (Fsp3) is 0.440. The van der Waals surface area contributed by atoms with Crippen molar-refractivity contribution >= 4 is 33.9 Å². The average Bonchev–Trinajstić information content (AvgIpc) is 2.89. The topological polar surface area (TPSA) is 219 Å². The van der Waals surface area contributed by atoms with Crippen LogP contribution in [0.5, 0.6) is 0 Å². The second-order valence-electron chi connectivity index (χ2n) is 9.39. The van der Waals surface area contributed by atoms with E-state index in [1.165, 1.54) is 29.4 Å². The van der Waals surface area contributed by atoms with Crippen LogP contribution in [-0.4, -0.2) is 73.8 Å². The van der Waals surface area contributed by atoms with Crippen molar-refractivity contribution in [3.63, 3.8) is 0 Å². The van der Waals surface area contributed by atoms with Crippen LogP contribution < -0.4 is 26.4 Å². The molecule has 1 aliphatic rings. The van der Waals surface area contributed by atoms with Gasteiger partial charge in [0.2, 0.25) is 0 Å². The quantitative estimate of drug-likeness (QED) is 0.185. The van der Waals surface area contributed by atoms with E-state index in [0.29, 0.717) is 13.0 Å². The van der Waals surface area contributed by atoms with E-state index < -0.39 is 16.1 Å². The third-order valence-corrected chi connectivity index (χ3v) is 7.16. The van der Waals surface area contributed by atoms with Crippen LogP contribution in [0.3, 0.4) is 0 Å². The van der Waals surface area contributed by atoms with Gasteiger partial charge in [0.1, 0.15) is 5.69 Å². The van der Waals surface area contributed by atoms with Crippen molar-refractivity contribution in [2.24, 2.45) is 5.73 Å². The first-order valence-electron chi connectivity index (χ1n) is 12.7. The number of amides is 3. The Labute approximate surface area is 234 Å². The molecule has 3 amide bonds. The molecule has 1 fully saturated rings. The van der Waals surface area contributed by atoms with Gasteiger partial charge >= 0.3 is 6.03 Å². The van der Waals surface area contributed by atoms with Crippen molar-refractivity contribution in [3.05, 3.63) is 53.6 Å². The summed E-state index contributed by atoms with van der Waals surface area (Å²) in [6, 6.07) is 5.53. The van der Waals surface area contributed by atoms with Gasteiger partial charge in [0, 0.05) is 32.9 Å². The summed E-state index contributed by atoms with van der Waals surface area (Å²) in [4.78, 5) is 33.7. The molecule has 40 heavy (non-hydrogen) atoms. The molecule has 1 aromatic carbocycles. The summed E-state index contributed by atoms with van der Waals surface area (Å²) in [5, 5.41) is 21.6. The summed E-state index contributed by atoms with van der Waals surface area (Å²) < 4.78 is 26.9. The van der Waals surface area contributed by atoms with E-state index in [1.54, 1.807) is 33.2 Å². The lowest BCUT2D eigenvalue weighted by Gasteiger charge is -2.22. The third-order valence-electron chi connectivity index (χ3n) is 5.81. The second kappa shape index (κ2) is 15.4. The van der Waals surface area contributed by atoms with Crippen molar-refractivity contribution in [1.82, 2.24) is 35.5 Å². The number of aryl methyl sites for hydroxylation is 1. The highest BCUT2D eigenvalue weighted by molar-refractivity contribution is 7.90. The molecule has 0 atom stereocenters. The Balaban J connectivity index is 0.000000536. The molecule has 1 aliphatic carbocycles. The maximum absolute atomic E-state index is 12.4. The molecule has 1 aromatic heterocycles. The van der Waals surface area contributed by atoms with Crippen molar-refractivity contribution < 1.29 is 18.0 Å². The Hall–Kier alpha value is -4.27. The number of nitrogens with two attached hydrogens (primary N) is 1. The lowest BCUT2D eigenvalue weighted by molar-refractivity contribution is 0.0948. The first-order valence-corrected chi connectivity index (χ1v) is 14.2. The summed E-state index contributed by atoms with van der Waals surface area (Å²) in [5.41, 5.74) is 6.75. The summed E-state index contributed by atoms with van der Waals surface area (Å²) in [7, 11) is -0.562.